The van der Waals surface area contributed by atoms with Crippen molar-refractivity contribution in [3.63, 3.8) is 0 Å². The van der Waals surface area contributed by atoms with Crippen LogP contribution in [0, 0.1) is 11.6 Å². The molecule has 0 heterocycles. The highest BCUT2D eigenvalue weighted by molar-refractivity contribution is 9.10. The lowest BCUT2D eigenvalue weighted by molar-refractivity contribution is 0.101. The molecular formula is C14H9BrF2O2S. The smallest absolute Gasteiger partial charge is 0.178 e. The highest BCUT2D eigenvalue weighted by atomic mass is 79.9. The molecule has 2 aromatic rings. The summed E-state index contributed by atoms with van der Waals surface area (Å²) in [4.78, 5) is 12.3. The van der Waals surface area contributed by atoms with Crippen molar-refractivity contribution in [2.24, 2.45) is 0 Å². The lowest BCUT2D eigenvalue weighted by Gasteiger charge is -2.04. The van der Waals surface area contributed by atoms with Crippen molar-refractivity contribution in [1.82, 2.24) is 0 Å². The third-order valence-corrected chi connectivity index (χ3v) is 4.35. The average molecular weight is 359 g/mol. The second-order valence-electron chi connectivity index (χ2n) is 3.99. The molecule has 2 rings (SSSR count). The van der Waals surface area contributed by atoms with Crippen LogP contribution in [0.3, 0.4) is 0 Å². The van der Waals surface area contributed by atoms with Gasteiger partial charge in [-0.25, -0.2) is 8.78 Å². The van der Waals surface area contributed by atoms with Gasteiger partial charge in [-0.05, 0) is 30.3 Å². The van der Waals surface area contributed by atoms with Gasteiger partial charge in [-0.2, -0.15) is 0 Å². The van der Waals surface area contributed by atoms with E-state index < -0.39 is 28.2 Å². The molecule has 0 saturated heterocycles. The average Bonchev–Trinajstić information content (AvgIpc) is 2.38. The molecule has 0 bridgehead atoms. The number of hydrogen-bond donors (Lipinski definition) is 0. The Hall–Kier alpha value is -1.40. The Kier molecular flexibility index (Phi) is 4.77. The quantitative estimate of drug-likeness (QED) is 0.780. The van der Waals surface area contributed by atoms with E-state index in [-0.39, 0.29) is 11.3 Å². The summed E-state index contributed by atoms with van der Waals surface area (Å²) >= 11 is 3.24. The molecule has 6 heteroatoms. The zero-order valence-corrected chi connectivity index (χ0v) is 12.5. The Labute approximate surface area is 125 Å². The van der Waals surface area contributed by atoms with E-state index in [1.165, 1.54) is 0 Å². The maximum Gasteiger partial charge on any atom is 0.178 e. The predicted molar refractivity (Wildman–Crippen MR) is 76.1 cm³/mol. The summed E-state index contributed by atoms with van der Waals surface area (Å²) in [5, 5.41) is 0. The molecule has 0 radical (unpaired) electrons. The van der Waals surface area contributed by atoms with Crippen LogP contribution in [0.5, 0.6) is 0 Å². The predicted octanol–water partition coefficient (Wildman–Crippen LogP) is 3.72. The van der Waals surface area contributed by atoms with Crippen molar-refractivity contribution >= 4 is 32.5 Å². The number of carbonyl (C=O) groups is 1. The third kappa shape index (κ3) is 3.58. The van der Waals surface area contributed by atoms with Crippen LogP contribution in [0.2, 0.25) is 0 Å². The van der Waals surface area contributed by atoms with Crippen molar-refractivity contribution in [1.29, 1.82) is 0 Å². The highest BCUT2D eigenvalue weighted by Gasteiger charge is 2.16. The Morgan fingerprint density at radius 2 is 1.90 bits per heavy atom. The maximum absolute atomic E-state index is 13.5. The lowest BCUT2D eigenvalue weighted by atomic mass is 10.1. The van der Waals surface area contributed by atoms with E-state index in [4.69, 9.17) is 0 Å². The minimum atomic E-state index is -1.58. The van der Waals surface area contributed by atoms with Crippen LogP contribution in [0.25, 0.3) is 0 Å². The topological polar surface area (TPSA) is 34.1 Å². The monoisotopic (exact) mass is 358 g/mol. The molecule has 1 atom stereocenters. The molecule has 0 aliphatic carbocycles. The third-order valence-electron chi connectivity index (χ3n) is 2.55. The van der Waals surface area contributed by atoms with Crippen molar-refractivity contribution in [3.05, 3.63) is 64.1 Å². The maximum atomic E-state index is 13.5. The molecule has 2 aromatic carbocycles. The molecule has 0 aliphatic rings. The van der Waals surface area contributed by atoms with Crippen LogP contribution in [0.1, 0.15) is 10.4 Å². The van der Waals surface area contributed by atoms with Crippen LogP contribution in [0.4, 0.5) is 8.78 Å². The molecule has 0 N–H and O–H groups in total. The van der Waals surface area contributed by atoms with E-state index in [9.17, 15) is 17.8 Å². The molecule has 104 valence electrons. The van der Waals surface area contributed by atoms with Gasteiger partial charge in [-0.3, -0.25) is 9.00 Å². The summed E-state index contributed by atoms with van der Waals surface area (Å²) in [6.07, 6.45) is 0. The second kappa shape index (κ2) is 6.37. The van der Waals surface area contributed by atoms with E-state index in [0.29, 0.717) is 11.0 Å². The van der Waals surface area contributed by atoms with Crippen molar-refractivity contribution < 1.29 is 17.8 Å². The van der Waals surface area contributed by atoms with Gasteiger partial charge in [0.2, 0.25) is 0 Å². The van der Waals surface area contributed by atoms with Gasteiger partial charge >= 0.3 is 0 Å². The number of hydrogen-bond acceptors (Lipinski definition) is 2. The van der Waals surface area contributed by atoms with Crippen LogP contribution >= 0.6 is 15.9 Å². The molecule has 0 aliphatic heterocycles. The van der Waals surface area contributed by atoms with Gasteiger partial charge in [0, 0.05) is 15.4 Å². The van der Waals surface area contributed by atoms with Crippen LogP contribution < -0.4 is 0 Å². The molecule has 2 nitrogen and oxygen atoms in total. The Balaban J connectivity index is 2.17. The van der Waals surface area contributed by atoms with E-state index in [1.54, 1.807) is 24.3 Å². The van der Waals surface area contributed by atoms with Gasteiger partial charge in [0.1, 0.15) is 11.6 Å². The first-order valence-electron chi connectivity index (χ1n) is 5.59. The summed E-state index contributed by atoms with van der Waals surface area (Å²) in [5.74, 6) is -2.67. The Bertz CT molecular complexity index is 689. The normalized spacial score (nSPS) is 12.2. The summed E-state index contributed by atoms with van der Waals surface area (Å²) in [7, 11) is -1.58. The van der Waals surface area contributed by atoms with Crippen LogP contribution in [0.15, 0.2) is 51.8 Å². The fraction of sp³-hybridized carbons (Fsp3) is 0.0714. The number of ketones is 1. The van der Waals surface area contributed by atoms with Crippen molar-refractivity contribution in [2.45, 2.75) is 4.90 Å². The van der Waals surface area contributed by atoms with E-state index in [0.717, 1.165) is 16.6 Å². The fourth-order valence-corrected chi connectivity index (χ4v) is 3.20. The summed E-state index contributed by atoms with van der Waals surface area (Å²) < 4.78 is 39.0. The first kappa shape index (κ1) is 15.0. The molecule has 0 fully saturated rings. The minimum absolute atomic E-state index is 0.255. The first-order chi connectivity index (χ1) is 9.47. The van der Waals surface area contributed by atoms with Crippen LogP contribution in [-0.2, 0) is 10.8 Å². The van der Waals surface area contributed by atoms with E-state index in [1.807, 2.05) is 0 Å². The van der Waals surface area contributed by atoms with Gasteiger partial charge < -0.3 is 0 Å². The summed E-state index contributed by atoms with van der Waals surface area (Å²) in [6.45, 7) is 0. The van der Waals surface area contributed by atoms with Crippen LogP contribution in [-0.4, -0.2) is 15.7 Å². The number of benzene rings is 2. The number of Topliss-reactive ketones (excluding diaryl/α,β-unsaturated/α-hetero) is 1. The van der Waals surface area contributed by atoms with E-state index in [2.05, 4.69) is 15.9 Å². The Morgan fingerprint density at radius 1 is 1.15 bits per heavy atom. The molecule has 20 heavy (non-hydrogen) atoms. The molecule has 0 spiro atoms. The highest BCUT2D eigenvalue weighted by Crippen LogP contribution is 2.17. The number of carbonyl (C=O) groups excluding carboxylic acids is 1. The molecule has 0 aromatic heterocycles. The molecule has 0 amide bonds. The van der Waals surface area contributed by atoms with Gasteiger partial charge in [0.15, 0.2) is 5.78 Å². The Morgan fingerprint density at radius 3 is 2.55 bits per heavy atom. The largest absolute Gasteiger partial charge is 0.293 e. The van der Waals surface area contributed by atoms with Gasteiger partial charge in [0.05, 0.1) is 22.1 Å². The molecule has 0 saturated carbocycles. The van der Waals surface area contributed by atoms with Gasteiger partial charge in [0.25, 0.3) is 0 Å². The molecule has 1 unspecified atom stereocenters. The SMILES string of the molecule is O=C(CS(=O)c1cccc(Br)c1)c1ccc(F)cc1F. The number of halogens is 3. The molecular weight excluding hydrogens is 350 g/mol. The van der Waals surface area contributed by atoms with Gasteiger partial charge in [-0.15, -0.1) is 0 Å². The lowest BCUT2D eigenvalue weighted by Crippen LogP contribution is -2.13. The number of rotatable bonds is 4. The second-order valence-corrected chi connectivity index (χ2v) is 6.36. The summed E-state index contributed by atoms with van der Waals surface area (Å²) in [5.41, 5.74) is -0.255. The summed E-state index contributed by atoms with van der Waals surface area (Å²) in [6, 6.07) is 9.40. The zero-order valence-electron chi connectivity index (χ0n) is 10.1. The zero-order chi connectivity index (χ0) is 14.7. The fourth-order valence-electron chi connectivity index (χ4n) is 1.60. The van der Waals surface area contributed by atoms with E-state index >= 15 is 0 Å². The first-order valence-corrected chi connectivity index (χ1v) is 7.71. The van der Waals surface area contributed by atoms with Gasteiger partial charge in [-0.1, -0.05) is 22.0 Å². The van der Waals surface area contributed by atoms with Crippen molar-refractivity contribution in [3.8, 4) is 0 Å². The van der Waals surface area contributed by atoms with Crippen molar-refractivity contribution in [2.75, 3.05) is 5.75 Å². The minimum Gasteiger partial charge on any atom is -0.293 e. The standard InChI is InChI=1S/C14H9BrF2O2S/c15-9-2-1-3-11(6-9)20(19)8-14(18)12-5-4-10(16)7-13(12)17/h1-7H,8H2.